The molecule has 9 aromatic carbocycles. The van der Waals surface area contributed by atoms with Gasteiger partial charge in [-0.3, -0.25) is 0 Å². The fourth-order valence-corrected chi connectivity index (χ4v) is 9.22. The van der Waals surface area contributed by atoms with Crippen molar-refractivity contribution in [3.63, 3.8) is 0 Å². The summed E-state index contributed by atoms with van der Waals surface area (Å²) in [6.45, 7) is 0. The van der Waals surface area contributed by atoms with Gasteiger partial charge in [-0.05, 0) is 117 Å². The Labute approximate surface area is 322 Å². The second kappa shape index (κ2) is 12.9. The van der Waals surface area contributed by atoms with E-state index in [9.17, 15) is 0 Å². The minimum atomic E-state index is 0.906. The first-order valence-electron chi connectivity index (χ1n) is 18.6. The molecule has 2 aromatic heterocycles. The molecular weight excluding hydrogens is 687 g/mol. The van der Waals surface area contributed by atoms with Crippen molar-refractivity contribution in [3.05, 3.63) is 200 Å². The summed E-state index contributed by atoms with van der Waals surface area (Å²) in [5, 5.41) is 7.39. The smallest absolute Gasteiger partial charge is 0.136 e. The molecule has 11 rings (SSSR count). The summed E-state index contributed by atoms with van der Waals surface area (Å²) in [5.74, 6) is 0. The van der Waals surface area contributed by atoms with Gasteiger partial charge in [-0.1, -0.05) is 127 Å². The minimum Gasteiger partial charge on any atom is -0.456 e. The van der Waals surface area contributed by atoms with Crippen LogP contribution in [-0.4, -0.2) is 0 Å². The Kier molecular flexibility index (Phi) is 7.39. The summed E-state index contributed by atoms with van der Waals surface area (Å²) in [7, 11) is 0. The van der Waals surface area contributed by atoms with Gasteiger partial charge in [0, 0.05) is 48.0 Å². The van der Waals surface area contributed by atoms with E-state index in [0.29, 0.717) is 0 Å². The first-order chi connectivity index (χ1) is 27.2. The van der Waals surface area contributed by atoms with Crippen LogP contribution in [0.15, 0.2) is 205 Å². The van der Waals surface area contributed by atoms with Crippen LogP contribution in [-0.2, 0) is 0 Å². The predicted octanol–water partition coefficient (Wildman–Crippen LogP) is 15.6. The number of furan rings is 1. The molecule has 0 radical (unpaired) electrons. The van der Waals surface area contributed by atoms with Crippen LogP contribution in [0.4, 0.5) is 17.1 Å². The molecule has 0 amide bonds. The fourth-order valence-electron chi connectivity index (χ4n) is 8.08. The van der Waals surface area contributed by atoms with Crippen molar-refractivity contribution in [1.29, 1.82) is 0 Å². The first-order valence-corrected chi connectivity index (χ1v) is 19.5. The second-order valence-corrected chi connectivity index (χ2v) is 15.2. The number of hydrogen-bond donors (Lipinski definition) is 0. The van der Waals surface area contributed by atoms with E-state index in [2.05, 4.69) is 193 Å². The van der Waals surface area contributed by atoms with Gasteiger partial charge in [0.1, 0.15) is 11.2 Å². The summed E-state index contributed by atoms with van der Waals surface area (Å²) in [4.78, 5) is 2.39. The molecule has 3 heteroatoms. The highest BCUT2D eigenvalue weighted by Crippen LogP contribution is 2.42. The molecule has 258 valence electrons. The summed E-state index contributed by atoms with van der Waals surface area (Å²) in [5.41, 5.74) is 12.2. The molecule has 2 nitrogen and oxygen atoms in total. The van der Waals surface area contributed by atoms with E-state index in [0.717, 1.165) is 61.3 Å². The van der Waals surface area contributed by atoms with Crippen LogP contribution in [0.5, 0.6) is 0 Å². The standard InChI is InChI=1S/C52H33NOS/c1-2-10-36-29-40(20-19-34(36)9-1)35-21-24-42(25-22-35)53(44-26-28-48-47-16-4-6-18-51(47)55-52(48)33-44)43-14-8-13-39(31-43)37-11-7-12-38(30-37)41-23-27-46-45-15-3-5-17-49(45)54-50(46)32-41/h1-33H. The van der Waals surface area contributed by atoms with E-state index in [1.807, 2.05) is 23.5 Å². The lowest BCUT2D eigenvalue weighted by Gasteiger charge is -2.26. The molecule has 0 bridgehead atoms. The maximum atomic E-state index is 6.24. The molecule has 0 fully saturated rings. The lowest BCUT2D eigenvalue weighted by atomic mass is 9.97. The third kappa shape index (κ3) is 5.56. The molecule has 0 unspecified atom stereocenters. The first kappa shape index (κ1) is 31.6. The lowest BCUT2D eigenvalue weighted by Crippen LogP contribution is -2.09. The van der Waals surface area contributed by atoms with Crippen LogP contribution >= 0.6 is 11.3 Å². The Hall–Kier alpha value is -6.94. The van der Waals surface area contributed by atoms with Crippen molar-refractivity contribution in [2.75, 3.05) is 4.90 Å². The number of rotatable bonds is 6. The molecule has 0 saturated heterocycles. The monoisotopic (exact) mass is 719 g/mol. The Morgan fingerprint density at radius 3 is 1.76 bits per heavy atom. The van der Waals surface area contributed by atoms with Crippen molar-refractivity contribution in [2.24, 2.45) is 0 Å². The number of nitrogens with zero attached hydrogens (tertiary/aromatic N) is 1. The third-order valence-corrected chi connectivity index (χ3v) is 12.0. The van der Waals surface area contributed by atoms with Crippen LogP contribution in [0.1, 0.15) is 0 Å². The maximum Gasteiger partial charge on any atom is 0.136 e. The van der Waals surface area contributed by atoms with Crippen LogP contribution in [0.3, 0.4) is 0 Å². The average Bonchev–Trinajstić information content (AvgIpc) is 3.82. The Balaban J connectivity index is 0.999. The summed E-state index contributed by atoms with van der Waals surface area (Å²) in [6, 6.07) is 72.4. The number of benzene rings is 9. The second-order valence-electron chi connectivity index (χ2n) is 14.2. The van der Waals surface area contributed by atoms with Gasteiger partial charge in [-0.2, -0.15) is 0 Å². The van der Waals surface area contributed by atoms with Gasteiger partial charge in [-0.15, -0.1) is 11.3 Å². The topological polar surface area (TPSA) is 16.4 Å². The van der Waals surface area contributed by atoms with Gasteiger partial charge < -0.3 is 9.32 Å². The number of anilines is 3. The molecule has 0 aliphatic rings. The molecule has 0 N–H and O–H groups in total. The highest BCUT2D eigenvalue weighted by Gasteiger charge is 2.17. The highest BCUT2D eigenvalue weighted by molar-refractivity contribution is 7.25. The zero-order valence-electron chi connectivity index (χ0n) is 29.8. The van der Waals surface area contributed by atoms with E-state index in [1.165, 1.54) is 42.1 Å². The van der Waals surface area contributed by atoms with Crippen LogP contribution < -0.4 is 4.90 Å². The Morgan fingerprint density at radius 2 is 0.891 bits per heavy atom. The molecular formula is C52H33NOS. The maximum absolute atomic E-state index is 6.24. The van der Waals surface area contributed by atoms with Gasteiger partial charge in [0.05, 0.1) is 0 Å². The van der Waals surface area contributed by atoms with Crippen LogP contribution in [0.2, 0.25) is 0 Å². The van der Waals surface area contributed by atoms with E-state index in [4.69, 9.17) is 4.42 Å². The number of fused-ring (bicyclic) bond motifs is 7. The van der Waals surface area contributed by atoms with Crippen LogP contribution in [0.25, 0.3) is 86.3 Å². The number of thiophene rings is 1. The summed E-state index contributed by atoms with van der Waals surface area (Å²) in [6.07, 6.45) is 0. The molecule has 0 aliphatic heterocycles. The Morgan fingerprint density at radius 1 is 0.309 bits per heavy atom. The van der Waals surface area contributed by atoms with Gasteiger partial charge in [0.25, 0.3) is 0 Å². The van der Waals surface area contributed by atoms with Gasteiger partial charge in [0.15, 0.2) is 0 Å². The van der Waals surface area contributed by atoms with E-state index < -0.39 is 0 Å². The molecule has 0 spiro atoms. The summed E-state index contributed by atoms with van der Waals surface area (Å²) < 4.78 is 8.83. The van der Waals surface area contributed by atoms with Crippen molar-refractivity contribution in [1.82, 2.24) is 0 Å². The highest BCUT2D eigenvalue weighted by atomic mass is 32.1. The van der Waals surface area contributed by atoms with Crippen molar-refractivity contribution < 1.29 is 4.42 Å². The SMILES string of the molecule is c1cc(-c2cccc(N(c3ccc(-c4ccc5ccccc5c4)cc3)c3ccc4c(c3)sc3ccccc34)c2)cc(-c2ccc3c(c2)oc2ccccc23)c1. The number of para-hydroxylation sites is 1. The zero-order valence-corrected chi connectivity index (χ0v) is 30.6. The molecule has 0 saturated carbocycles. The quantitative estimate of drug-likeness (QED) is 0.170. The van der Waals surface area contributed by atoms with E-state index in [-0.39, 0.29) is 0 Å². The van der Waals surface area contributed by atoms with Crippen molar-refractivity contribution >= 4 is 81.3 Å². The molecule has 2 heterocycles. The van der Waals surface area contributed by atoms with E-state index >= 15 is 0 Å². The minimum absolute atomic E-state index is 0.906. The molecule has 11 aromatic rings. The zero-order chi connectivity index (χ0) is 36.3. The molecule has 0 aliphatic carbocycles. The van der Waals surface area contributed by atoms with Gasteiger partial charge >= 0.3 is 0 Å². The van der Waals surface area contributed by atoms with Gasteiger partial charge in [-0.25, -0.2) is 0 Å². The Bertz CT molecular complexity index is 3220. The van der Waals surface area contributed by atoms with Crippen LogP contribution in [0, 0.1) is 0 Å². The molecule has 0 atom stereocenters. The van der Waals surface area contributed by atoms with Gasteiger partial charge in [0.2, 0.25) is 0 Å². The predicted molar refractivity (Wildman–Crippen MR) is 235 cm³/mol. The number of hydrogen-bond acceptors (Lipinski definition) is 3. The fraction of sp³-hybridized carbons (Fsp3) is 0. The van der Waals surface area contributed by atoms with Crippen molar-refractivity contribution in [3.8, 4) is 33.4 Å². The third-order valence-electron chi connectivity index (χ3n) is 10.8. The van der Waals surface area contributed by atoms with E-state index in [1.54, 1.807) is 0 Å². The average molecular weight is 720 g/mol. The summed E-state index contributed by atoms with van der Waals surface area (Å²) >= 11 is 1.85. The van der Waals surface area contributed by atoms with Crippen molar-refractivity contribution in [2.45, 2.75) is 0 Å². The normalized spacial score (nSPS) is 11.6. The lowest BCUT2D eigenvalue weighted by molar-refractivity contribution is 0.669. The molecule has 55 heavy (non-hydrogen) atoms. The largest absolute Gasteiger partial charge is 0.456 e.